The number of Topliss-reactive ketones (excluding diaryl/α,β-unsaturated/α-hetero) is 1. The minimum atomic E-state index is 0.0272. The molecule has 4 nitrogen and oxygen atoms in total. The van der Waals surface area contributed by atoms with Gasteiger partial charge in [0.2, 0.25) is 0 Å². The van der Waals surface area contributed by atoms with E-state index in [1.54, 1.807) is 24.3 Å². The van der Waals surface area contributed by atoms with Crippen molar-refractivity contribution in [1.29, 1.82) is 0 Å². The molecule has 6 heteroatoms. The highest BCUT2D eigenvalue weighted by atomic mass is 35.5. The fraction of sp³-hybridized carbons (Fsp3) is 0.0625. The summed E-state index contributed by atoms with van der Waals surface area (Å²) in [6.07, 6.45) is 0. The molecule has 0 atom stereocenters. The van der Waals surface area contributed by atoms with Gasteiger partial charge < -0.3 is 4.98 Å². The number of nitrogens with one attached hydrogen (secondary N) is 1. The lowest BCUT2D eigenvalue weighted by Crippen LogP contribution is -2.02. The molecule has 0 aliphatic heterocycles. The van der Waals surface area contributed by atoms with E-state index in [2.05, 4.69) is 15.2 Å². The van der Waals surface area contributed by atoms with Gasteiger partial charge in [0.1, 0.15) is 0 Å². The van der Waals surface area contributed by atoms with Gasteiger partial charge in [-0.3, -0.25) is 4.79 Å². The van der Waals surface area contributed by atoms with Crippen LogP contribution < -0.4 is 0 Å². The molecule has 0 saturated heterocycles. The molecule has 3 aromatic rings. The molecule has 0 radical (unpaired) electrons. The quantitative estimate of drug-likeness (QED) is 0.565. The molecule has 1 heterocycles. The molecule has 0 unspecified atom stereocenters. The van der Waals surface area contributed by atoms with Gasteiger partial charge in [-0.25, -0.2) is 0 Å². The van der Waals surface area contributed by atoms with Gasteiger partial charge in [-0.1, -0.05) is 53.7 Å². The Kier molecular flexibility index (Phi) is 4.56. The van der Waals surface area contributed by atoms with Gasteiger partial charge in [0, 0.05) is 16.1 Å². The summed E-state index contributed by atoms with van der Waals surface area (Å²) in [6, 6.07) is 16.6. The van der Waals surface area contributed by atoms with E-state index in [0.29, 0.717) is 27.3 Å². The third-order valence-electron chi connectivity index (χ3n) is 3.02. The van der Waals surface area contributed by atoms with Crippen LogP contribution in [0.3, 0.4) is 0 Å². The van der Waals surface area contributed by atoms with Crippen LogP contribution >= 0.6 is 23.4 Å². The number of carbonyl (C=O) groups excluding carboxylic acids is 1. The molecule has 0 aliphatic rings. The molecule has 0 fully saturated rings. The molecule has 0 bridgehead atoms. The summed E-state index contributed by atoms with van der Waals surface area (Å²) >= 11 is 7.14. The number of ketones is 1. The predicted octanol–water partition coefficient (Wildman–Crippen LogP) is 4.10. The van der Waals surface area contributed by atoms with Crippen molar-refractivity contribution in [1.82, 2.24) is 15.2 Å². The third-order valence-corrected chi connectivity index (χ3v) is 4.14. The van der Waals surface area contributed by atoms with E-state index in [9.17, 15) is 4.79 Å². The smallest absolute Gasteiger partial charge is 0.189 e. The van der Waals surface area contributed by atoms with E-state index in [-0.39, 0.29) is 5.78 Å². The molecule has 110 valence electrons. The SMILES string of the molecule is O=C(CSc1nnc(-c2ccccc2)[nH]1)c1ccc(Cl)cc1. The number of nitrogens with zero attached hydrogens (tertiary/aromatic N) is 2. The van der Waals surface area contributed by atoms with E-state index in [0.717, 1.165) is 5.56 Å². The summed E-state index contributed by atoms with van der Waals surface area (Å²) in [6.45, 7) is 0. The van der Waals surface area contributed by atoms with E-state index < -0.39 is 0 Å². The third kappa shape index (κ3) is 3.55. The molecule has 0 saturated carbocycles. The van der Waals surface area contributed by atoms with Crippen molar-refractivity contribution >= 4 is 29.1 Å². The minimum Gasteiger partial charge on any atom is -0.316 e. The van der Waals surface area contributed by atoms with Gasteiger partial charge in [-0.15, -0.1) is 10.2 Å². The zero-order chi connectivity index (χ0) is 15.4. The maximum Gasteiger partial charge on any atom is 0.189 e. The second kappa shape index (κ2) is 6.77. The van der Waals surface area contributed by atoms with Crippen molar-refractivity contribution in [3.05, 3.63) is 65.2 Å². The number of aromatic amines is 1. The summed E-state index contributed by atoms with van der Waals surface area (Å²) in [7, 11) is 0. The number of thioether (sulfide) groups is 1. The highest BCUT2D eigenvalue weighted by Crippen LogP contribution is 2.20. The Hall–Kier alpha value is -2.11. The Morgan fingerprint density at radius 3 is 2.50 bits per heavy atom. The van der Waals surface area contributed by atoms with Crippen LogP contribution in [-0.2, 0) is 0 Å². The Labute approximate surface area is 136 Å². The van der Waals surface area contributed by atoms with Crippen LogP contribution in [-0.4, -0.2) is 26.7 Å². The first-order chi connectivity index (χ1) is 10.7. The molecule has 2 aromatic carbocycles. The minimum absolute atomic E-state index is 0.0272. The van der Waals surface area contributed by atoms with Crippen molar-refractivity contribution in [3.63, 3.8) is 0 Å². The van der Waals surface area contributed by atoms with Crippen LogP contribution in [0, 0.1) is 0 Å². The number of H-pyrrole nitrogens is 1. The van der Waals surface area contributed by atoms with E-state index in [4.69, 9.17) is 11.6 Å². The Bertz CT molecular complexity index is 772. The van der Waals surface area contributed by atoms with Gasteiger partial charge in [-0.05, 0) is 24.3 Å². The van der Waals surface area contributed by atoms with Crippen LogP contribution in [0.25, 0.3) is 11.4 Å². The highest BCUT2D eigenvalue weighted by Gasteiger charge is 2.10. The summed E-state index contributed by atoms with van der Waals surface area (Å²) < 4.78 is 0. The highest BCUT2D eigenvalue weighted by molar-refractivity contribution is 7.99. The summed E-state index contributed by atoms with van der Waals surface area (Å²) in [5.41, 5.74) is 1.60. The molecular weight excluding hydrogens is 318 g/mol. The van der Waals surface area contributed by atoms with Crippen molar-refractivity contribution in [3.8, 4) is 11.4 Å². The molecule has 1 aromatic heterocycles. The van der Waals surface area contributed by atoms with Crippen LogP contribution in [0.4, 0.5) is 0 Å². The van der Waals surface area contributed by atoms with Crippen LogP contribution in [0.1, 0.15) is 10.4 Å². The zero-order valence-corrected chi connectivity index (χ0v) is 13.1. The second-order valence-corrected chi connectivity index (χ2v) is 5.96. The Morgan fingerprint density at radius 1 is 1.05 bits per heavy atom. The number of rotatable bonds is 5. The van der Waals surface area contributed by atoms with E-state index >= 15 is 0 Å². The molecule has 1 N–H and O–H groups in total. The summed E-state index contributed by atoms with van der Waals surface area (Å²) in [5.74, 6) is 1.02. The zero-order valence-electron chi connectivity index (χ0n) is 11.5. The molecule has 0 aliphatic carbocycles. The van der Waals surface area contributed by atoms with Crippen LogP contribution in [0.15, 0.2) is 59.8 Å². The summed E-state index contributed by atoms with van der Waals surface area (Å²) in [4.78, 5) is 15.2. The average molecular weight is 330 g/mol. The van der Waals surface area contributed by atoms with Gasteiger partial charge in [0.05, 0.1) is 5.75 Å². The van der Waals surface area contributed by atoms with Crippen molar-refractivity contribution in [2.24, 2.45) is 0 Å². The maximum absolute atomic E-state index is 12.1. The van der Waals surface area contributed by atoms with Gasteiger partial charge in [0.25, 0.3) is 0 Å². The number of hydrogen-bond acceptors (Lipinski definition) is 4. The van der Waals surface area contributed by atoms with Crippen molar-refractivity contribution in [2.45, 2.75) is 5.16 Å². The first-order valence-electron chi connectivity index (χ1n) is 6.62. The Morgan fingerprint density at radius 2 is 1.77 bits per heavy atom. The second-order valence-electron chi connectivity index (χ2n) is 4.56. The Balaban J connectivity index is 1.64. The fourth-order valence-corrected chi connectivity index (χ4v) is 2.72. The predicted molar refractivity (Wildman–Crippen MR) is 88.3 cm³/mol. The number of hydrogen-bond donors (Lipinski definition) is 1. The average Bonchev–Trinajstić information content (AvgIpc) is 3.03. The number of benzene rings is 2. The summed E-state index contributed by atoms with van der Waals surface area (Å²) in [5, 5.41) is 9.39. The van der Waals surface area contributed by atoms with Crippen LogP contribution in [0.5, 0.6) is 0 Å². The van der Waals surface area contributed by atoms with Gasteiger partial charge in [-0.2, -0.15) is 0 Å². The monoisotopic (exact) mass is 329 g/mol. The maximum atomic E-state index is 12.1. The lowest BCUT2D eigenvalue weighted by Gasteiger charge is -1.99. The molecule has 0 spiro atoms. The fourth-order valence-electron chi connectivity index (χ4n) is 1.89. The van der Waals surface area contributed by atoms with E-state index in [1.807, 2.05) is 30.3 Å². The number of carbonyl (C=O) groups is 1. The molecule has 3 rings (SSSR count). The lowest BCUT2D eigenvalue weighted by atomic mass is 10.1. The first kappa shape index (κ1) is 14.8. The number of halogens is 1. The first-order valence-corrected chi connectivity index (χ1v) is 7.98. The normalized spacial score (nSPS) is 10.6. The van der Waals surface area contributed by atoms with Gasteiger partial charge >= 0.3 is 0 Å². The lowest BCUT2D eigenvalue weighted by molar-refractivity contribution is 0.102. The largest absolute Gasteiger partial charge is 0.316 e. The van der Waals surface area contributed by atoms with E-state index in [1.165, 1.54) is 11.8 Å². The standard InChI is InChI=1S/C16H12ClN3OS/c17-13-8-6-11(7-9-13)14(21)10-22-16-18-15(19-20-16)12-4-2-1-3-5-12/h1-9H,10H2,(H,18,19,20). The molecular formula is C16H12ClN3OS. The van der Waals surface area contributed by atoms with Crippen LogP contribution in [0.2, 0.25) is 5.02 Å². The van der Waals surface area contributed by atoms with Gasteiger partial charge in [0.15, 0.2) is 16.8 Å². The molecule has 0 amide bonds. The topological polar surface area (TPSA) is 58.6 Å². The number of aromatic nitrogens is 3. The van der Waals surface area contributed by atoms with Crippen molar-refractivity contribution < 1.29 is 4.79 Å². The van der Waals surface area contributed by atoms with Crippen molar-refractivity contribution in [2.75, 3.05) is 5.75 Å². The molecule has 22 heavy (non-hydrogen) atoms.